The number of aromatic nitrogens is 3. The molecule has 3 heterocycles. The van der Waals surface area contributed by atoms with Gasteiger partial charge in [0.1, 0.15) is 0 Å². The Labute approximate surface area is 109 Å². The lowest BCUT2D eigenvalue weighted by molar-refractivity contribution is 0.174. The molecule has 0 amide bonds. The Kier molecular flexibility index (Phi) is 2.08. The predicted octanol–water partition coefficient (Wildman–Crippen LogP) is 0.994. The monoisotopic (exact) mass is 259 g/mol. The summed E-state index contributed by atoms with van der Waals surface area (Å²) in [5, 5.41) is 7.44. The van der Waals surface area contributed by atoms with Crippen LogP contribution in [-0.2, 0) is 0 Å². The van der Waals surface area contributed by atoms with Crippen molar-refractivity contribution in [3.8, 4) is 11.5 Å². The third-order valence-electron chi connectivity index (χ3n) is 3.43. The van der Waals surface area contributed by atoms with E-state index in [-0.39, 0.29) is 18.8 Å². The summed E-state index contributed by atoms with van der Waals surface area (Å²) in [7, 11) is 0. The van der Waals surface area contributed by atoms with E-state index in [4.69, 9.17) is 15.2 Å². The number of nitrogens with two attached hydrogens (primary N) is 1. The highest BCUT2D eigenvalue weighted by Crippen LogP contribution is 2.37. The molecule has 19 heavy (non-hydrogen) atoms. The highest BCUT2D eigenvalue weighted by molar-refractivity contribution is 5.46. The van der Waals surface area contributed by atoms with Crippen LogP contribution in [0.4, 0.5) is 11.9 Å². The normalized spacial score (nSPS) is 19.9. The van der Waals surface area contributed by atoms with Gasteiger partial charge in [-0.25, -0.2) is 4.68 Å². The standard InChI is InChI=1S/C12H13N5O2/c13-11-15-12-14-4-3-8(17(12)16-11)7-1-2-9-10(5-7)19-6-18-9/h1-2,5,8H,3-4,6H2,(H3,13,14,15,16). The van der Waals surface area contributed by atoms with Crippen molar-refractivity contribution in [3.63, 3.8) is 0 Å². The largest absolute Gasteiger partial charge is 0.454 e. The summed E-state index contributed by atoms with van der Waals surface area (Å²) in [5.74, 6) is 2.57. The fraction of sp³-hybridized carbons (Fsp3) is 0.333. The minimum absolute atomic E-state index is 0.121. The Morgan fingerprint density at radius 3 is 3.16 bits per heavy atom. The van der Waals surface area contributed by atoms with Gasteiger partial charge in [0.15, 0.2) is 11.5 Å². The van der Waals surface area contributed by atoms with Crippen LogP contribution in [0.2, 0.25) is 0 Å². The molecular weight excluding hydrogens is 246 g/mol. The van der Waals surface area contributed by atoms with Gasteiger partial charge in [-0.15, -0.1) is 5.10 Å². The number of hydrogen-bond acceptors (Lipinski definition) is 6. The number of nitrogen functional groups attached to an aromatic ring is 1. The van der Waals surface area contributed by atoms with Crippen LogP contribution >= 0.6 is 0 Å². The van der Waals surface area contributed by atoms with Crippen molar-refractivity contribution in [2.45, 2.75) is 12.5 Å². The minimum atomic E-state index is 0.121. The molecule has 1 aromatic carbocycles. The molecule has 1 atom stereocenters. The second-order valence-electron chi connectivity index (χ2n) is 4.58. The molecule has 98 valence electrons. The number of nitrogens with one attached hydrogen (secondary N) is 1. The van der Waals surface area contributed by atoms with Crippen LogP contribution in [0.3, 0.4) is 0 Å². The Bertz CT molecular complexity index is 639. The van der Waals surface area contributed by atoms with Crippen LogP contribution in [0, 0.1) is 0 Å². The van der Waals surface area contributed by atoms with Crippen molar-refractivity contribution in [1.29, 1.82) is 0 Å². The van der Waals surface area contributed by atoms with Gasteiger partial charge < -0.3 is 20.5 Å². The second kappa shape index (κ2) is 3.78. The van der Waals surface area contributed by atoms with Crippen molar-refractivity contribution < 1.29 is 9.47 Å². The molecule has 0 saturated carbocycles. The van der Waals surface area contributed by atoms with Crippen LogP contribution in [0.5, 0.6) is 11.5 Å². The average Bonchev–Trinajstić information content (AvgIpc) is 3.01. The first kappa shape index (κ1) is 10.5. The summed E-state index contributed by atoms with van der Waals surface area (Å²) in [4.78, 5) is 4.16. The molecule has 1 unspecified atom stereocenters. The molecule has 4 rings (SSSR count). The topological polar surface area (TPSA) is 87.2 Å². The van der Waals surface area contributed by atoms with Gasteiger partial charge in [0.2, 0.25) is 18.7 Å². The number of nitrogens with zero attached hydrogens (tertiary/aromatic N) is 3. The van der Waals surface area contributed by atoms with Crippen LogP contribution < -0.4 is 20.5 Å². The molecule has 2 aliphatic heterocycles. The summed E-state index contributed by atoms with van der Waals surface area (Å²) in [6.07, 6.45) is 0.926. The fourth-order valence-corrected chi connectivity index (χ4v) is 2.55. The Morgan fingerprint density at radius 1 is 1.32 bits per heavy atom. The van der Waals surface area contributed by atoms with Crippen molar-refractivity contribution in [2.24, 2.45) is 0 Å². The van der Waals surface area contributed by atoms with Crippen molar-refractivity contribution in [3.05, 3.63) is 23.8 Å². The van der Waals surface area contributed by atoms with Gasteiger partial charge in [-0.05, 0) is 24.1 Å². The van der Waals surface area contributed by atoms with Gasteiger partial charge in [0, 0.05) is 6.54 Å². The first-order valence-corrected chi connectivity index (χ1v) is 6.17. The molecule has 0 saturated heterocycles. The predicted molar refractivity (Wildman–Crippen MR) is 68.2 cm³/mol. The number of rotatable bonds is 1. The van der Waals surface area contributed by atoms with Gasteiger partial charge in [-0.1, -0.05) is 6.07 Å². The highest BCUT2D eigenvalue weighted by Gasteiger charge is 2.25. The molecule has 1 aromatic heterocycles. The Balaban J connectivity index is 1.77. The molecule has 3 N–H and O–H groups in total. The second-order valence-corrected chi connectivity index (χ2v) is 4.58. The summed E-state index contributed by atoms with van der Waals surface area (Å²) in [5.41, 5.74) is 6.78. The summed E-state index contributed by atoms with van der Waals surface area (Å²) in [6.45, 7) is 1.13. The smallest absolute Gasteiger partial charge is 0.241 e. The van der Waals surface area contributed by atoms with E-state index >= 15 is 0 Å². The zero-order valence-corrected chi connectivity index (χ0v) is 10.2. The summed E-state index contributed by atoms with van der Waals surface area (Å²) < 4.78 is 12.6. The Hall–Kier alpha value is -2.44. The molecule has 7 nitrogen and oxygen atoms in total. The molecule has 0 fully saturated rings. The lowest BCUT2D eigenvalue weighted by atomic mass is 10.0. The van der Waals surface area contributed by atoms with Gasteiger partial charge >= 0.3 is 0 Å². The van der Waals surface area contributed by atoms with E-state index in [0.29, 0.717) is 5.95 Å². The van der Waals surface area contributed by atoms with Gasteiger partial charge in [-0.2, -0.15) is 4.98 Å². The number of hydrogen-bond donors (Lipinski definition) is 2. The number of fused-ring (bicyclic) bond motifs is 2. The average molecular weight is 259 g/mol. The van der Waals surface area contributed by atoms with E-state index in [1.807, 2.05) is 22.9 Å². The van der Waals surface area contributed by atoms with Crippen molar-refractivity contribution in [1.82, 2.24) is 14.8 Å². The molecule has 0 radical (unpaired) electrons. The third-order valence-corrected chi connectivity index (χ3v) is 3.43. The first-order chi connectivity index (χ1) is 9.31. The zero-order chi connectivity index (χ0) is 12.8. The van der Waals surface area contributed by atoms with E-state index < -0.39 is 0 Å². The van der Waals surface area contributed by atoms with Crippen LogP contribution in [0.15, 0.2) is 18.2 Å². The number of ether oxygens (including phenoxy) is 2. The molecule has 0 bridgehead atoms. The Morgan fingerprint density at radius 2 is 2.21 bits per heavy atom. The molecule has 0 aliphatic carbocycles. The first-order valence-electron chi connectivity index (χ1n) is 6.17. The number of benzene rings is 1. The van der Waals surface area contributed by atoms with Gasteiger partial charge in [0.05, 0.1) is 6.04 Å². The van der Waals surface area contributed by atoms with Crippen molar-refractivity contribution in [2.75, 3.05) is 24.4 Å². The van der Waals surface area contributed by atoms with E-state index in [1.165, 1.54) is 0 Å². The van der Waals surface area contributed by atoms with E-state index in [9.17, 15) is 0 Å². The molecule has 2 aliphatic rings. The third kappa shape index (κ3) is 1.58. The minimum Gasteiger partial charge on any atom is -0.454 e. The quantitative estimate of drug-likeness (QED) is 0.794. The van der Waals surface area contributed by atoms with Crippen molar-refractivity contribution >= 4 is 11.9 Å². The number of anilines is 2. The molecule has 0 spiro atoms. The molecular formula is C12H13N5O2. The summed E-state index contributed by atoms with van der Waals surface area (Å²) >= 11 is 0. The van der Waals surface area contributed by atoms with Gasteiger partial charge in [-0.3, -0.25) is 0 Å². The zero-order valence-electron chi connectivity index (χ0n) is 10.2. The maximum absolute atomic E-state index is 5.66. The van der Waals surface area contributed by atoms with E-state index in [0.717, 1.165) is 30.0 Å². The van der Waals surface area contributed by atoms with Crippen LogP contribution in [0.25, 0.3) is 0 Å². The molecule has 2 aromatic rings. The van der Waals surface area contributed by atoms with Crippen LogP contribution in [0.1, 0.15) is 18.0 Å². The maximum atomic E-state index is 5.66. The lowest BCUT2D eigenvalue weighted by Crippen LogP contribution is -2.24. The van der Waals surface area contributed by atoms with E-state index in [2.05, 4.69) is 15.4 Å². The fourth-order valence-electron chi connectivity index (χ4n) is 2.55. The molecule has 7 heteroatoms. The SMILES string of the molecule is Nc1nc2n(n1)C(c1ccc3c(c1)OCO3)CCN2. The highest BCUT2D eigenvalue weighted by atomic mass is 16.7. The lowest BCUT2D eigenvalue weighted by Gasteiger charge is -2.24. The van der Waals surface area contributed by atoms with Crippen LogP contribution in [-0.4, -0.2) is 28.1 Å². The van der Waals surface area contributed by atoms with Gasteiger partial charge in [0.25, 0.3) is 0 Å². The summed E-state index contributed by atoms with van der Waals surface area (Å²) in [6, 6.07) is 6.08. The maximum Gasteiger partial charge on any atom is 0.241 e. The van der Waals surface area contributed by atoms with E-state index in [1.54, 1.807) is 0 Å².